The Hall–Kier alpha value is -4.08. The molecule has 0 spiro atoms. The number of halogens is 6. The molecular weight excluding hydrogens is 488 g/mol. The Morgan fingerprint density at radius 2 is 1.22 bits per heavy atom. The molecule has 36 heavy (non-hydrogen) atoms. The van der Waals surface area contributed by atoms with Gasteiger partial charge in [0, 0.05) is 12.0 Å². The zero-order chi connectivity index (χ0) is 26.3. The Bertz CT molecular complexity index is 1390. The summed E-state index contributed by atoms with van der Waals surface area (Å²) < 4.78 is 79.1. The standard InChI is InChI=1S/C26H17F6NO3/c27-25(28,29)17-10-16(11-18(12-17)26(30,31)32)23(34)33-22(24(35)36)13-21-19-7-3-1-5-14(19)9-15-6-2-4-8-20(15)21/h1-12,22H,13H2,(H,33,34)(H,35,36)/t22-/m1/s1. The van der Waals surface area contributed by atoms with Crippen molar-refractivity contribution in [2.45, 2.75) is 24.8 Å². The van der Waals surface area contributed by atoms with E-state index < -0.39 is 47.0 Å². The van der Waals surface area contributed by atoms with Gasteiger partial charge in [-0.25, -0.2) is 4.79 Å². The van der Waals surface area contributed by atoms with Crippen molar-refractivity contribution in [3.05, 3.63) is 95.1 Å². The molecule has 0 saturated heterocycles. The predicted octanol–water partition coefficient (Wildman–Crippen LogP) is 6.46. The van der Waals surface area contributed by atoms with Crippen molar-refractivity contribution in [2.75, 3.05) is 0 Å². The minimum atomic E-state index is -5.15. The molecule has 0 fully saturated rings. The molecule has 0 aliphatic carbocycles. The second kappa shape index (κ2) is 9.18. The van der Waals surface area contributed by atoms with Crippen LogP contribution in [0.25, 0.3) is 21.5 Å². The first kappa shape index (κ1) is 25.0. The smallest absolute Gasteiger partial charge is 0.416 e. The van der Waals surface area contributed by atoms with Gasteiger partial charge in [-0.05, 0) is 51.4 Å². The van der Waals surface area contributed by atoms with Gasteiger partial charge in [-0.1, -0.05) is 48.5 Å². The van der Waals surface area contributed by atoms with Gasteiger partial charge in [0.05, 0.1) is 11.1 Å². The van der Waals surface area contributed by atoms with Crippen molar-refractivity contribution in [1.82, 2.24) is 5.32 Å². The molecule has 0 aliphatic rings. The average molecular weight is 505 g/mol. The summed E-state index contributed by atoms with van der Waals surface area (Å²) in [6.45, 7) is 0. The Morgan fingerprint density at radius 3 is 1.67 bits per heavy atom. The van der Waals surface area contributed by atoms with Crippen LogP contribution in [0.15, 0.2) is 72.8 Å². The number of hydrogen-bond donors (Lipinski definition) is 2. The Morgan fingerprint density at radius 1 is 0.750 bits per heavy atom. The monoisotopic (exact) mass is 505 g/mol. The van der Waals surface area contributed by atoms with Crippen LogP contribution >= 0.6 is 0 Å². The molecule has 0 aliphatic heterocycles. The molecule has 0 radical (unpaired) electrons. The number of carbonyl (C=O) groups excluding carboxylic acids is 1. The number of carboxylic acid groups (broad SMARTS) is 1. The number of benzene rings is 4. The third-order valence-corrected chi connectivity index (χ3v) is 5.74. The first-order valence-electron chi connectivity index (χ1n) is 10.6. The second-order valence-corrected chi connectivity index (χ2v) is 8.16. The first-order valence-corrected chi connectivity index (χ1v) is 10.6. The molecular formula is C26H17F6NO3. The number of rotatable bonds is 5. The van der Waals surface area contributed by atoms with Crippen molar-refractivity contribution in [1.29, 1.82) is 0 Å². The lowest BCUT2D eigenvalue weighted by Crippen LogP contribution is -2.42. The Balaban J connectivity index is 1.74. The van der Waals surface area contributed by atoms with Crippen LogP contribution in [0.3, 0.4) is 0 Å². The number of alkyl halides is 6. The lowest BCUT2D eigenvalue weighted by Gasteiger charge is -2.19. The van der Waals surface area contributed by atoms with Crippen molar-refractivity contribution < 1.29 is 41.0 Å². The van der Waals surface area contributed by atoms with E-state index in [0.717, 1.165) is 10.8 Å². The van der Waals surface area contributed by atoms with E-state index in [1.165, 1.54) is 0 Å². The summed E-state index contributed by atoms with van der Waals surface area (Å²) in [7, 11) is 0. The molecule has 10 heteroatoms. The molecule has 0 heterocycles. The summed E-state index contributed by atoms with van der Waals surface area (Å²) in [6, 6.07) is 14.9. The number of nitrogens with one attached hydrogen (secondary N) is 1. The van der Waals surface area contributed by atoms with Crippen LogP contribution in [-0.2, 0) is 23.6 Å². The topological polar surface area (TPSA) is 66.4 Å². The Labute approximate surface area is 200 Å². The van der Waals surface area contributed by atoms with Crippen LogP contribution in [0.2, 0.25) is 0 Å². The first-order chi connectivity index (χ1) is 16.8. The van der Waals surface area contributed by atoms with E-state index in [-0.39, 0.29) is 24.6 Å². The van der Waals surface area contributed by atoms with Crippen LogP contribution in [-0.4, -0.2) is 23.0 Å². The van der Waals surface area contributed by atoms with Crippen molar-refractivity contribution >= 4 is 33.4 Å². The zero-order valence-corrected chi connectivity index (χ0v) is 18.2. The number of aliphatic carboxylic acids is 1. The van der Waals surface area contributed by atoms with Gasteiger partial charge in [0.25, 0.3) is 5.91 Å². The number of carboxylic acids is 1. The third kappa shape index (κ3) is 5.12. The van der Waals surface area contributed by atoms with E-state index in [2.05, 4.69) is 5.32 Å². The third-order valence-electron chi connectivity index (χ3n) is 5.74. The van der Waals surface area contributed by atoms with Crippen LogP contribution in [0.5, 0.6) is 0 Å². The summed E-state index contributed by atoms with van der Waals surface area (Å²) in [4.78, 5) is 24.7. The lowest BCUT2D eigenvalue weighted by atomic mass is 9.92. The van der Waals surface area contributed by atoms with E-state index in [1.54, 1.807) is 36.4 Å². The number of hydrogen-bond acceptors (Lipinski definition) is 2. The van der Waals surface area contributed by atoms with Gasteiger partial charge < -0.3 is 10.4 Å². The van der Waals surface area contributed by atoms with Gasteiger partial charge in [0.1, 0.15) is 6.04 Å². The Kier molecular flexibility index (Phi) is 6.38. The lowest BCUT2D eigenvalue weighted by molar-refractivity contribution is -0.143. The molecule has 1 amide bonds. The molecule has 2 N–H and O–H groups in total. The summed E-state index contributed by atoms with van der Waals surface area (Å²) in [5, 5.41) is 14.9. The molecule has 0 bridgehead atoms. The molecule has 4 rings (SSSR count). The van der Waals surface area contributed by atoms with Crippen molar-refractivity contribution in [2.24, 2.45) is 0 Å². The van der Waals surface area contributed by atoms with Crippen LogP contribution < -0.4 is 5.32 Å². The maximum absolute atomic E-state index is 13.2. The highest BCUT2D eigenvalue weighted by Gasteiger charge is 2.38. The molecule has 186 valence electrons. The van der Waals surface area contributed by atoms with Crippen LogP contribution in [0, 0.1) is 0 Å². The van der Waals surface area contributed by atoms with E-state index in [1.807, 2.05) is 18.2 Å². The molecule has 4 aromatic rings. The molecule has 0 saturated carbocycles. The fraction of sp³-hybridized carbons (Fsp3) is 0.154. The highest BCUT2D eigenvalue weighted by Crippen LogP contribution is 2.36. The van der Waals surface area contributed by atoms with Crippen LogP contribution in [0.1, 0.15) is 27.0 Å². The normalized spacial score (nSPS) is 13.1. The number of fused-ring (bicyclic) bond motifs is 2. The highest BCUT2D eigenvalue weighted by molar-refractivity contribution is 6.03. The molecule has 0 aromatic heterocycles. The van der Waals surface area contributed by atoms with Gasteiger partial charge in [-0.2, -0.15) is 26.3 Å². The van der Waals surface area contributed by atoms with E-state index in [9.17, 15) is 41.0 Å². The SMILES string of the molecule is O=C(N[C@H](Cc1c2ccccc2cc2ccccc12)C(=O)O)c1cc(C(F)(F)F)cc(C(F)(F)F)c1. The summed E-state index contributed by atoms with van der Waals surface area (Å²) in [6.07, 6.45) is -10.6. The maximum atomic E-state index is 13.2. The van der Waals surface area contributed by atoms with Gasteiger partial charge in [-0.15, -0.1) is 0 Å². The maximum Gasteiger partial charge on any atom is 0.416 e. The van der Waals surface area contributed by atoms with Crippen LogP contribution in [0.4, 0.5) is 26.3 Å². The van der Waals surface area contributed by atoms with Gasteiger partial charge in [0.15, 0.2) is 0 Å². The number of amides is 1. The average Bonchev–Trinajstić information content (AvgIpc) is 2.81. The molecule has 4 aromatic carbocycles. The number of carbonyl (C=O) groups is 2. The molecule has 0 unspecified atom stereocenters. The van der Waals surface area contributed by atoms with Gasteiger partial charge in [-0.3, -0.25) is 4.79 Å². The summed E-state index contributed by atoms with van der Waals surface area (Å²) >= 11 is 0. The molecule has 1 atom stereocenters. The fourth-order valence-electron chi connectivity index (χ4n) is 4.06. The quantitative estimate of drug-likeness (QED) is 0.242. The minimum Gasteiger partial charge on any atom is -0.480 e. The summed E-state index contributed by atoms with van der Waals surface area (Å²) in [5.74, 6) is -2.87. The van der Waals surface area contributed by atoms with E-state index in [4.69, 9.17) is 0 Å². The van der Waals surface area contributed by atoms with Crippen molar-refractivity contribution in [3.63, 3.8) is 0 Å². The van der Waals surface area contributed by atoms with Gasteiger partial charge in [0.2, 0.25) is 0 Å². The zero-order valence-electron chi connectivity index (χ0n) is 18.2. The predicted molar refractivity (Wildman–Crippen MR) is 120 cm³/mol. The van der Waals surface area contributed by atoms with E-state index >= 15 is 0 Å². The fourth-order valence-corrected chi connectivity index (χ4v) is 4.06. The largest absolute Gasteiger partial charge is 0.480 e. The molecule has 4 nitrogen and oxygen atoms in total. The van der Waals surface area contributed by atoms with Gasteiger partial charge >= 0.3 is 18.3 Å². The van der Waals surface area contributed by atoms with Crippen molar-refractivity contribution in [3.8, 4) is 0 Å². The second-order valence-electron chi connectivity index (χ2n) is 8.16. The van der Waals surface area contributed by atoms with E-state index in [0.29, 0.717) is 16.3 Å². The highest BCUT2D eigenvalue weighted by atomic mass is 19.4. The summed E-state index contributed by atoms with van der Waals surface area (Å²) in [5.41, 5.74) is -3.73. The minimum absolute atomic E-state index is 0.103.